The first-order valence-electron chi connectivity index (χ1n) is 10.6. The summed E-state index contributed by atoms with van der Waals surface area (Å²) in [6.07, 6.45) is 9.21. The highest BCUT2D eigenvalue weighted by molar-refractivity contribution is 14.0. The highest BCUT2D eigenvalue weighted by atomic mass is 127. The fourth-order valence-electron chi connectivity index (χ4n) is 3.76. The molecule has 28 heavy (non-hydrogen) atoms. The molecule has 2 heterocycles. The number of guanidine groups is 1. The average molecular weight is 505 g/mol. The Balaban J connectivity index is 0.00000280. The fourth-order valence-corrected chi connectivity index (χ4v) is 3.76. The van der Waals surface area contributed by atoms with E-state index in [0.29, 0.717) is 6.04 Å². The van der Waals surface area contributed by atoms with Crippen molar-refractivity contribution in [3.05, 3.63) is 12.2 Å². The molecule has 1 saturated carbocycles. The minimum absolute atomic E-state index is 0. The number of aliphatic imine (C=N–C) groups is 1. The van der Waals surface area contributed by atoms with Gasteiger partial charge in [0.15, 0.2) is 5.96 Å². The molecule has 0 bridgehead atoms. The third kappa shape index (κ3) is 7.82. The quantitative estimate of drug-likeness (QED) is 0.318. The third-order valence-corrected chi connectivity index (χ3v) is 5.39. The molecular weight excluding hydrogens is 469 g/mol. The van der Waals surface area contributed by atoms with Gasteiger partial charge in [0.25, 0.3) is 0 Å². The normalized spacial score (nSPS) is 19.2. The number of hydrogen-bond donors (Lipinski definition) is 2. The van der Waals surface area contributed by atoms with Crippen LogP contribution >= 0.6 is 24.0 Å². The Bertz CT molecular complexity index is 568. The summed E-state index contributed by atoms with van der Waals surface area (Å²) in [4.78, 5) is 7.27. The average Bonchev–Trinajstić information content (AvgIpc) is 3.17. The van der Waals surface area contributed by atoms with E-state index in [4.69, 9.17) is 9.73 Å². The van der Waals surface area contributed by atoms with Crippen molar-refractivity contribution in [3.8, 4) is 0 Å². The Hall–Kier alpha value is -0.940. The lowest BCUT2D eigenvalue weighted by Crippen LogP contribution is -2.45. The van der Waals surface area contributed by atoms with Gasteiger partial charge in [0, 0.05) is 45.2 Å². The van der Waals surface area contributed by atoms with Crippen LogP contribution in [0.1, 0.15) is 44.9 Å². The molecule has 9 heteroatoms. The second-order valence-corrected chi connectivity index (χ2v) is 7.38. The zero-order chi connectivity index (χ0) is 18.7. The molecule has 2 fully saturated rings. The number of aromatic nitrogens is 3. The number of ether oxygens (including phenoxy) is 1. The molecule has 0 spiro atoms. The van der Waals surface area contributed by atoms with E-state index in [1.165, 1.54) is 32.1 Å². The standard InChI is InChI=1S/C19H35N7O.HI/c1-2-18-24-22-16-26(18)11-9-21-19(23-17-6-4-3-5-7-17)20-8-10-25-12-14-27-15-13-25;/h16-17H,2-15H2,1H3,(H2,20,21,23);1H. The van der Waals surface area contributed by atoms with Crippen LogP contribution in [0.15, 0.2) is 11.3 Å². The molecule has 3 rings (SSSR count). The zero-order valence-corrected chi connectivity index (χ0v) is 19.4. The summed E-state index contributed by atoms with van der Waals surface area (Å²) in [5.41, 5.74) is 0. The molecule has 0 amide bonds. The number of aryl methyl sites for hydroxylation is 1. The smallest absolute Gasteiger partial charge is 0.191 e. The van der Waals surface area contributed by atoms with Gasteiger partial charge in [-0.05, 0) is 12.8 Å². The van der Waals surface area contributed by atoms with Crippen molar-refractivity contribution >= 4 is 29.9 Å². The first kappa shape index (κ1) is 23.3. The van der Waals surface area contributed by atoms with Crippen LogP contribution in [0, 0.1) is 0 Å². The second kappa shape index (κ2) is 13.3. The van der Waals surface area contributed by atoms with Crippen LogP contribution in [0.25, 0.3) is 0 Å². The van der Waals surface area contributed by atoms with Crippen LogP contribution in [-0.2, 0) is 17.7 Å². The largest absolute Gasteiger partial charge is 0.379 e. The number of rotatable bonds is 8. The van der Waals surface area contributed by atoms with Gasteiger partial charge in [-0.25, -0.2) is 0 Å². The highest BCUT2D eigenvalue weighted by Crippen LogP contribution is 2.17. The lowest BCUT2D eigenvalue weighted by Gasteiger charge is -2.27. The van der Waals surface area contributed by atoms with E-state index in [1.54, 1.807) is 0 Å². The molecule has 1 aromatic heterocycles. The summed E-state index contributed by atoms with van der Waals surface area (Å²) >= 11 is 0. The summed E-state index contributed by atoms with van der Waals surface area (Å²) in [6, 6.07) is 0.550. The van der Waals surface area contributed by atoms with Crippen LogP contribution in [-0.4, -0.2) is 77.6 Å². The van der Waals surface area contributed by atoms with Crippen molar-refractivity contribution in [3.63, 3.8) is 0 Å². The van der Waals surface area contributed by atoms with E-state index >= 15 is 0 Å². The van der Waals surface area contributed by atoms with Crippen LogP contribution in [0.2, 0.25) is 0 Å². The van der Waals surface area contributed by atoms with Crippen LogP contribution < -0.4 is 10.6 Å². The number of halogens is 1. The van der Waals surface area contributed by atoms with Crippen molar-refractivity contribution < 1.29 is 4.74 Å². The maximum absolute atomic E-state index is 5.42. The number of morpholine rings is 1. The Morgan fingerprint density at radius 3 is 2.75 bits per heavy atom. The Morgan fingerprint density at radius 1 is 1.21 bits per heavy atom. The topological polar surface area (TPSA) is 79.6 Å². The molecule has 1 saturated heterocycles. The van der Waals surface area contributed by atoms with Gasteiger partial charge in [-0.3, -0.25) is 9.89 Å². The lowest BCUT2D eigenvalue weighted by molar-refractivity contribution is 0.0394. The van der Waals surface area contributed by atoms with Gasteiger partial charge < -0.3 is 19.9 Å². The summed E-state index contributed by atoms with van der Waals surface area (Å²) in [5, 5.41) is 15.3. The predicted molar refractivity (Wildman–Crippen MR) is 122 cm³/mol. The van der Waals surface area contributed by atoms with Gasteiger partial charge in [-0.1, -0.05) is 26.2 Å². The van der Waals surface area contributed by atoms with Gasteiger partial charge in [0.05, 0.1) is 19.8 Å². The SMILES string of the molecule is CCc1nncn1CCNC(=NCCN1CCOCC1)NC1CCCCC1.I. The molecule has 1 aromatic rings. The summed E-state index contributed by atoms with van der Waals surface area (Å²) in [6.45, 7) is 9.30. The van der Waals surface area contributed by atoms with Crippen molar-refractivity contribution in [2.75, 3.05) is 45.9 Å². The van der Waals surface area contributed by atoms with E-state index in [9.17, 15) is 0 Å². The minimum atomic E-state index is 0. The third-order valence-electron chi connectivity index (χ3n) is 5.39. The van der Waals surface area contributed by atoms with Crippen LogP contribution in [0.4, 0.5) is 0 Å². The summed E-state index contributed by atoms with van der Waals surface area (Å²) in [7, 11) is 0. The predicted octanol–water partition coefficient (Wildman–Crippen LogP) is 1.66. The first-order valence-corrected chi connectivity index (χ1v) is 10.6. The number of hydrogen-bond acceptors (Lipinski definition) is 5. The number of nitrogens with one attached hydrogen (secondary N) is 2. The van der Waals surface area contributed by atoms with Gasteiger partial charge in [-0.2, -0.15) is 0 Å². The van der Waals surface area contributed by atoms with Crippen LogP contribution in [0.5, 0.6) is 0 Å². The lowest BCUT2D eigenvalue weighted by atomic mass is 9.96. The second-order valence-electron chi connectivity index (χ2n) is 7.38. The Kier molecular flexibility index (Phi) is 11.1. The summed E-state index contributed by atoms with van der Waals surface area (Å²) in [5.74, 6) is 1.98. The Morgan fingerprint density at radius 2 is 2.00 bits per heavy atom. The maximum Gasteiger partial charge on any atom is 0.191 e. The van der Waals surface area contributed by atoms with Crippen molar-refractivity contribution in [2.45, 2.75) is 58.0 Å². The van der Waals surface area contributed by atoms with Gasteiger partial charge in [-0.15, -0.1) is 34.2 Å². The molecular formula is C19H36IN7O. The van der Waals surface area contributed by atoms with Crippen molar-refractivity contribution in [1.82, 2.24) is 30.3 Å². The van der Waals surface area contributed by atoms with E-state index in [-0.39, 0.29) is 24.0 Å². The highest BCUT2D eigenvalue weighted by Gasteiger charge is 2.15. The van der Waals surface area contributed by atoms with Crippen molar-refractivity contribution in [1.29, 1.82) is 0 Å². The molecule has 0 unspecified atom stereocenters. The van der Waals surface area contributed by atoms with E-state index in [1.807, 2.05) is 6.33 Å². The molecule has 8 nitrogen and oxygen atoms in total. The fraction of sp³-hybridized carbons (Fsp3) is 0.842. The zero-order valence-electron chi connectivity index (χ0n) is 17.1. The molecule has 0 atom stereocenters. The molecule has 0 radical (unpaired) electrons. The molecule has 2 aliphatic rings. The van der Waals surface area contributed by atoms with Crippen molar-refractivity contribution in [2.24, 2.45) is 4.99 Å². The summed E-state index contributed by atoms with van der Waals surface area (Å²) < 4.78 is 7.53. The Labute approximate surface area is 185 Å². The number of nitrogens with zero attached hydrogens (tertiary/aromatic N) is 5. The maximum atomic E-state index is 5.42. The molecule has 160 valence electrons. The van der Waals surface area contributed by atoms with Gasteiger partial charge in [0.2, 0.25) is 0 Å². The van der Waals surface area contributed by atoms with Crippen LogP contribution in [0.3, 0.4) is 0 Å². The molecule has 1 aliphatic heterocycles. The van der Waals surface area contributed by atoms with E-state index in [0.717, 1.165) is 70.7 Å². The first-order chi connectivity index (χ1) is 13.3. The van der Waals surface area contributed by atoms with Gasteiger partial charge >= 0.3 is 0 Å². The molecule has 2 N–H and O–H groups in total. The molecule has 1 aliphatic carbocycles. The monoisotopic (exact) mass is 505 g/mol. The van der Waals surface area contributed by atoms with E-state index < -0.39 is 0 Å². The van der Waals surface area contributed by atoms with Gasteiger partial charge in [0.1, 0.15) is 12.2 Å². The molecule has 0 aromatic carbocycles. The van der Waals surface area contributed by atoms with E-state index in [2.05, 4.69) is 37.2 Å². The minimum Gasteiger partial charge on any atom is -0.379 e.